The van der Waals surface area contributed by atoms with E-state index < -0.39 is 29.7 Å². The summed E-state index contributed by atoms with van der Waals surface area (Å²) in [6.45, 7) is 4.20. The van der Waals surface area contributed by atoms with E-state index in [9.17, 15) is 18.7 Å². The maximum atomic E-state index is 14.0. The van der Waals surface area contributed by atoms with E-state index in [0.29, 0.717) is 23.7 Å². The SMILES string of the molecule is CCc1nnc(C(C)(CO)NC(=O)c2c(C)nc3c(OCc4c(F)cccc4F)cccn23)o1. The predicted molar refractivity (Wildman–Crippen MR) is 116 cm³/mol. The Morgan fingerprint density at radius 2 is 1.97 bits per heavy atom. The molecule has 0 radical (unpaired) electrons. The van der Waals surface area contributed by atoms with Crippen LogP contribution >= 0.6 is 0 Å². The average Bonchev–Trinajstić information content (AvgIpc) is 3.43. The molecule has 4 aromatic rings. The van der Waals surface area contributed by atoms with Gasteiger partial charge in [-0.1, -0.05) is 13.0 Å². The molecule has 0 aliphatic heterocycles. The Hall–Kier alpha value is -3.86. The Bertz CT molecular complexity index is 1330. The minimum absolute atomic E-state index is 0.0719. The lowest BCUT2D eigenvalue weighted by Crippen LogP contribution is -2.47. The number of imidazole rings is 1. The number of carbonyl (C=O) groups excluding carboxylic acids is 1. The highest BCUT2D eigenvalue weighted by molar-refractivity contribution is 5.95. The van der Waals surface area contributed by atoms with Crippen molar-refractivity contribution in [1.82, 2.24) is 24.9 Å². The van der Waals surface area contributed by atoms with Gasteiger partial charge in [-0.3, -0.25) is 9.20 Å². The zero-order valence-electron chi connectivity index (χ0n) is 18.8. The third-order valence-corrected chi connectivity index (χ3v) is 5.38. The first-order valence-electron chi connectivity index (χ1n) is 10.6. The van der Waals surface area contributed by atoms with Gasteiger partial charge in [-0.05, 0) is 38.1 Å². The van der Waals surface area contributed by atoms with Gasteiger partial charge in [-0.25, -0.2) is 13.8 Å². The Kier molecular flexibility index (Phi) is 6.29. The quantitative estimate of drug-likeness (QED) is 0.406. The molecule has 0 saturated heterocycles. The zero-order valence-corrected chi connectivity index (χ0v) is 18.8. The molecule has 0 fully saturated rings. The highest BCUT2D eigenvalue weighted by Gasteiger charge is 2.35. The smallest absolute Gasteiger partial charge is 0.271 e. The standard InChI is InChI=1S/C23H23F2N5O4/c1-4-18-28-29-22(34-18)23(3,12-31)27-21(32)19-13(2)26-20-17(9-6-10-30(19)20)33-11-14-15(24)7-5-8-16(14)25/h5-10,31H,4,11-12H2,1-3H3,(H,27,32). The average molecular weight is 471 g/mol. The van der Waals surface area contributed by atoms with Gasteiger partial charge in [0.25, 0.3) is 5.91 Å². The lowest BCUT2D eigenvalue weighted by Gasteiger charge is -2.24. The Labute approximate surface area is 193 Å². The van der Waals surface area contributed by atoms with Crippen molar-refractivity contribution in [2.75, 3.05) is 6.61 Å². The number of hydrogen-bond acceptors (Lipinski definition) is 7. The highest BCUT2D eigenvalue weighted by Crippen LogP contribution is 2.26. The highest BCUT2D eigenvalue weighted by atomic mass is 19.1. The van der Waals surface area contributed by atoms with Crippen LogP contribution in [0.4, 0.5) is 8.78 Å². The minimum atomic E-state index is -1.33. The molecular formula is C23H23F2N5O4. The van der Waals surface area contributed by atoms with Crippen LogP contribution in [0.2, 0.25) is 0 Å². The molecule has 1 aromatic carbocycles. The van der Waals surface area contributed by atoms with Crippen LogP contribution in [0.15, 0.2) is 40.9 Å². The van der Waals surface area contributed by atoms with Crippen LogP contribution in [0, 0.1) is 18.6 Å². The van der Waals surface area contributed by atoms with Crippen molar-refractivity contribution >= 4 is 11.6 Å². The van der Waals surface area contributed by atoms with Crippen molar-refractivity contribution in [2.24, 2.45) is 0 Å². The first kappa shape index (κ1) is 23.3. The van der Waals surface area contributed by atoms with Crippen LogP contribution in [0.3, 0.4) is 0 Å². The number of pyridine rings is 1. The lowest BCUT2D eigenvalue weighted by atomic mass is 10.0. The summed E-state index contributed by atoms with van der Waals surface area (Å²) < 4.78 is 40.6. The van der Waals surface area contributed by atoms with Crippen LogP contribution in [-0.2, 0) is 18.6 Å². The van der Waals surface area contributed by atoms with Crippen LogP contribution in [0.25, 0.3) is 5.65 Å². The van der Waals surface area contributed by atoms with Crippen molar-refractivity contribution in [2.45, 2.75) is 39.3 Å². The number of benzene rings is 1. The summed E-state index contributed by atoms with van der Waals surface area (Å²) in [4.78, 5) is 17.6. The first-order valence-corrected chi connectivity index (χ1v) is 10.6. The second kappa shape index (κ2) is 9.18. The summed E-state index contributed by atoms with van der Waals surface area (Å²) in [5.41, 5.74) is -0.683. The van der Waals surface area contributed by atoms with Gasteiger partial charge in [0.15, 0.2) is 11.4 Å². The number of amides is 1. The number of nitrogens with zero attached hydrogens (tertiary/aromatic N) is 4. The van der Waals surface area contributed by atoms with Gasteiger partial charge in [0.1, 0.15) is 29.5 Å². The minimum Gasteiger partial charge on any atom is -0.485 e. The van der Waals surface area contributed by atoms with E-state index in [-0.39, 0.29) is 29.5 Å². The molecule has 3 heterocycles. The molecule has 1 amide bonds. The van der Waals surface area contributed by atoms with E-state index in [0.717, 1.165) is 12.1 Å². The number of fused-ring (bicyclic) bond motifs is 1. The summed E-state index contributed by atoms with van der Waals surface area (Å²) in [6.07, 6.45) is 2.12. The molecule has 9 nitrogen and oxygen atoms in total. The molecular weight excluding hydrogens is 448 g/mol. The maximum absolute atomic E-state index is 14.0. The monoisotopic (exact) mass is 471 g/mol. The summed E-state index contributed by atoms with van der Waals surface area (Å²) in [5.74, 6) is -1.30. The van der Waals surface area contributed by atoms with E-state index in [4.69, 9.17) is 9.15 Å². The molecule has 0 aliphatic carbocycles. The largest absolute Gasteiger partial charge is 0.485 e. The fraction of sp³-hybridized carbons (Fsp3) is 0.304. The van der Waals surface area contributed by atoms with Crippen LogP contribution < -0.4 is 10.1 Å². The third-order valence-electron chi connectivity index (χ3n) is 5.38. The predicted octanol–water partition coefficient (Wildman–Crippen LogP) is 3.08. The second-order valence-corrected chi connectivity index (χ2v) is 7.90. The van der Waals surface area contributed by atoms with E-state index >= 15 is 0 Å². The third kappa shape index (κ3) is 4.21. The van der Waals surface area contributed by atoms with Gasteiger partial charge in [-0.15, -0.1) is 10.2 Å². The molecule has 1 unspecified atom stereocenters. The number of aliphatic hydroxyl groups is 1. The van der Waals surface area contributed by atoms with E-state index in [2.05, 4.69) is 20.5 Å². The molecule has 0 bridgehead atoms. The molecule has 11 heteroatoms. The van der Waals surface area contributed by atoms with Crippen LogP contribution in [0.1, 0.15) is 47.4 Å². The van der Waals surface area contributed by atoms with Gasteiger partial charge < -0.3 is 19.6 Å². The van der Waals surface area contributed by atoms with E-state index in [1.807, 2.05) is 6.92 Å². The number of halogens is 2. The van der Waals surface area contributed by atoms with Crippen molar-refractivity contribution in [1.29, 1.82) is 0 Å². The molecule has 0 aliphatic rings. The number of aliphatic hydroxyl groups excluding tert-OH is 1. The van der Waals surface area contributed by atoms with E-state index in [1.165, 1.54) is 10.5 Å². The van der Waals surface area contributed by atoms with Gasteiger partial charge in [0.2, 0.25) is 11.8 Å². The van der Waals surface area contributed by atoms with Crippen molar-refractivity contribution < 1.29 is 27.8 Å². The molecule has 34 heavy (non-hydrogen) atoms. The van der Waals surface area contributed by atoms with Crippen molar-refractivity contribution in [3.8, 4) is 5.75 Å². The van der Waals surface area contributed by atoms with Gasteiger partial charge in [0.05, 0.1) is 17.9 Å². The van der Waals surface area contributed by atoms with Crippen molar-refractivity contribution in [3.63, 3.8) is 0 Å². The number of carbonyl (C=O) groups is 1. The topological polar surface area (TPSA) is 115 Å². The summed E-state index contributed by atoms with van der Waals surface area (Å²) >= 11 is 0. The molecule has 1 atom stereocenters. The second-order valence-electron chi connectivity index (χ2n) is 7.90. The molecule has 178 valence electrons. The number of aromatic nitrogens is 4. The molecule has 0 spiro atoms. The molecule has 0 saturated carbocycles. The van der Waals surface area contributed by atoms with E-state index in [1.54, 1.807) is 32.2 Å². The Balaban J connectivity index is 1.63. The summed E-state index contributed by atoms with van der Waals surface area (Å²) in [7, 11) is 0. The number of hydrogen-bond donors (Lipinski definition) is 2. The Morgan fingerprint density at radius 1 is 1.24 bits per heavy atom. The molecule has 4 rings (SSSR count). The fourth-order valence-corrected chi connectivity index (χ4v) is 3.45. The number of ether oxygens (including phenoxy) is 1. The molecule has 2 N–H and O–H groups in total. The fourth-order valence-electron chi connectivity index (χ4n) is 3.45. The van der Waals surface area contributed by atoms with Crippen molar-refractivity contribution in [3.05, 3.63) is 76.9 Å². The summed E-state index contributed by atoms with van der Waals surface area (Å²) in [5, 5.41) is 20.5. The molecule has 3 aromatic heterocycles. The number of aryl methyl sites for hydroxylation is 2. The maximum Gasteiger partial charge on any atom is 0.271 e. The van der Waals surface area contributed by atoms with Gasteiger partial charge in [-0.2, -0.15) is 0 Å². The number of nitrogens with one attached hydrogen (secondary N) is 1. The Morgan fingerprint density at radius 3 is 2.62 bits per heavy atom. The number of rotatable bonds is 8. The first-order chi connectivity index (χ1) is 16.3. The normalized spacial score (nSPS) is 13.1. The summed E-state index contributed by atoms with van der Waals surface area (Å²) in [6, 6.07) is 6.78. The van der Waals surface area contributed by atoms with Crippen LogP contribution in [0.5, 0.6) is 5.75 Å². The lowest BCUT2D eigenvalue weighted by molar-refractivity contribution is 0.0803. The van der Waals surface area contributed by atoms with Gasteiger partial charge >= 0.3 is 0 Å². The zero-order chi connectivity index (χ0) is 24.5. The van der Waals surface area contributed by atoms with Crippen LogP contribution in [-0.4, -0.2) is 37.2 Å². The van der Waals surface area contributed by atoms with Gasteiger partial charge in [0, 0.05) is 12.6 Å².